The van der Waals surface area contributed by atoms with Crippen LogP contribution < -0.4 is 5.32 Å². The van der Waals surface area contributed by atoms with Crippen molar-refractivity contribution in [3.8, 4) is 0 Å². The fraction of sp³-hybridized carbons (Fsp3) is 0.385. The lowest BCUT2D eigenvalue weighted by Crippen LogP contribution is -2.23. The minimum absolute atomic E-state index is 0.0297. The van der Waals surface area contributed by atoms with Crippen LogP contribution in [0.5, 0.6) is 0 Å². The first-order chi connectivity index (χ1) is 9.38. The molecule has 2 N–H and O–H groups in total. The molecule has 0 aliphatic rings. The molecule has 0 saturated heterocycles. The fourth-order valence-electron chi connectivity index (χ4n) is 1.98. The Balaban J connectivity index is 2.08. The smallest absolute Gasteiger partial charge is 0.175 e. The molecule has 2 aromatic rings. The van der Waals surface area contributed by atoms with Crippen molar-refractivity contribution in [1.29, 1.82) is 0 Å². The highest BCUT2D eigenvalue weighted by Gasteiger charge is 2.14. The molecule has 1 heterocycles. The predicted octanol–water partition coefficient (Wildman–Crippen LogP) is 1.62. The van der Waals surface area contributed by atoms with E-state index in [4.69, 9.17) is 0 Å². The average Bonchev–Trinajstić information content (AvgIpc) is 2.91. The Morgan fingerprint density at radius 1 is 1.15 bits per heavy atom. The zero-order valence-electron chi connectivity index (χ0n) is 11.7. The number of benzene rings is 1. The Labute approximate surface area is 118 Å². The highest BCUT2D eigenvalue weighted by atomic mass is 32.2. The van der Waals surface area contributed by atoms with E-state index in [2.05, 4.69) is 20.5 Å². The SMILES string of the molecule is CC(NC(C)c1ncn[nH]1)c1ccc(S(C)(=O)=O)cc1. The highest BCUT2D eigenvalue weighted by molar-refractivity contribution is 7.90. The van der Waals surface area contributed by atoms with Crippen LogP contribution in [0, 0.1) is 0 Å². The number of hydrogen-bond donors (Lipinski definition) is 2. The standard InChI is InChI=1S/C13H18N4O2S/c1-9(16-10(2)13-14-8-15-17-13)11-4-6-12(7-5-11)20(3,18)19/h4-10,16H,1-3H3,(H,14,15,17). The van der Waals surface area contributed by atoms with Crippen molar-refractivity contribution in [1.82, 2.24) is 20.5 Å². The summed E-state index contributed by atoms with van der Waals surface area (Å²) in [7, 11) is -3.15. The Kier molecular flexibility index (Phi) is 4.20. The van der Waals surface area contributed by atoms with Crippen LogP contribution in [0.2, 0.25) is 0 Å². The molecule has 0 aliphatic heterocycles. The molecule has 0 bridgehead atoms. The van der Waals surface area contributed by atoms with E-state index in [9.17, 15) is 8.42 Å². The van der Waals surface area contributed by atoms with Gasteiger partial charge in [-0.15, -0.1) is 0 Å². The van der Waals surface area contributed by atoms with Gasteiger partial charge >= 0.3 is 0 Å². The normalized spacial score (nSPS) is 14.9. The molecule has 0 radical (unpaired) electrons. The van der Waals surface area contributed by atoms with Gasteiger partial charge in [0.15, 0.2) is 9.84 Å². The first kappa shape index (κ1) is 14.7. The summed E-state index contributed by atoms with van der Waals surface area (Å²) < 4.78 is 22.8. The molecule has 7 heteroatoms. The molecule has 0 saturated carbocycles. The lowest BCUT2D eigenvalue weighted by molar-refractivity contribution is 0.477. The first-order valence-electron chi connectivity index (χ1n) is 6.29. The minimum Gasteiger partial charge on any atom is -0.301 e. The van der Waals surface area contributed by atoms with Gasteiger partial charge in [0.25, 0.3) is 0 Å². The number of aromatic amines is 1. The molecule has 0 aliphatic carbocycles. The third-order valence-electron chi connectivity index (χ3n) is 3.15. The van der Waals surface area contributed by atoms with E-state index in [1.807, 2.05) is 26.0 Å². The molecule has 0 spiro atoms. The van der Waals surface area contributed by atoms with Gasteiger partial charge in [-0.05, 0) is 31.5 Å². The van der Waals surface area contributed by atoms with E-state index in [0.717, 1.165) is 11.4 Å². The summed E-state index contributed by atoms with van der Waals surface area (Å²) in [5.74, 6) is 0.768. The van der Waals surface area contributed by atoms with Crippen LogP contribution in [0.3, 0.4) is 0 Å². The molecule has 1 aromatic carbocycles. The van der Waals surface area contributed by atoms with E-state index in [1.54, 1.807) is 12.1 Å². The van der Waals surface area contributed by atoms with Crippen LogP contribution in [0.15, 0.2) is 35.5 Å². The van der Waals surface area contributed by atoms with Crippen molar-refractivity contribution in [3.63, 3.8) is 0 Å². The van der Waals surface area contributed by atoms with Crippen molar-refractivity contribution in [2.24, 2.45) is 0 Å². The van der Waals surface area contributed by atoms with Crippen molar-refractivity contribution in [2.75, 3.05) is 6.26 Å². The molecular weight excluding hydrogens is 276 g/mol. The summed E-state index contributed by atoms with van der Waals surface area (Å²) in [6.07, 6.45) is 2.68. The van der Waals surface area contributed by atoms with Crippen molar-refractivity contribution < 1.29 is 8.42 Å². The van der Waals surface area contributed by atoms with Crippen LogP contribution in [0.4, 0.5) is 0 Å². The zero-order valence-corrected chi connectivity index (χ0v) is 12.5. The summed E-state index contributed by atoms with van der Waals surface area (Å²) >= 11 is 0. The Morgan fingerprint density at radius 2 is 1.80 bits per heavy atom. The summed E-state index contributed by atoms with van der Waals surface area (Å²) in [5.41, 5.74) is 1.02. The molecular formula is C13H18N4O2S. The van der Waals surface area contributed by atoms with Crippen LogP contribution in [0.1, 0.15) is 37.3 Å². The summed E-state index contributed by atoms with van der Waals surface area (Å²) in [6, 6.07) is 7.00. The Hall–Kier alpha value is -1.73. The van der Waals surface area contributed by atoms with Gasteiger partial charge in [0.05, 0.1) is 10.9 Å². The van der Waals surface area contributed by atoms with E-state index in [1.165, 1.54) is 12.6 Å². The lowest BCUT2D eigenvalue weighted by atomic mass is 10.1. The second-order valence-electron chi connectivity index (χ2n) is 4.82. The number of nitrogens with one attached hydrogen (secondary N) is 2. The third kappa shape index (κ3) is 3.43. The van der Waals surface area contributed by atoms with Gasteiger partial charge in [-0.25, -0.2) is 13.4 Å². The molecule has 0 amide bonds. The minimum atomic E-state index is -3.15. The van der Waals surface area contributed by atoms with Gasteiger partial charge in [-0.2, -0.15) is 5.10 Å². The number of hydrogen-bond acceptors (Lipinski definition) is 5. The Morgan fingerprint density at radius 3 is 2.30 bits per heavy atom. The summed E-state index contributed by atoms with van der Waals surface area (Å²) in [4.78, 5) is 4.43. The maximum Gasteiger partial charge on any atom is 0.175 e. The van der Waals surface area contributed by atoms with Crippen LogP contribution in [0.25, 0.3) is 0 Å². The van der Waals surface area contributed by atoms with Gasteiger partial charge in [0, 0.05) is 12.3 Å². The van der Waals surface area contributed by atoms with Gasteiger partial charge in [0.2, 0.25) is 0 Å². The van der Waals surface area contributed by atoms with E-state index < -0.39 is 9.84 Å². The van der Waals surface area contributed by atoms with Crippen LogP contribution in [-0.2, 0) is 9.84 Å². The lowest BCUT2D eigenvalue weighted by Gasteiger charge is -2.18. The van der Waals surface area contributed by atoms with Crippen LogP contribution >= 0.6 is 0 Å². The maximum absolute atomic E-state index is 11.4. The van der Waals surface area contributed by atoms with Gasteiger partial charge in [0.1, 0.15) is 12.2 Å². The molecule has 2 atom stereocenters. The first-order valence-corrected chi connectivity index (χ1v) is 8.18. The summed E-state index contributed by atoms with van der Waals surface area (Å²) in [5, 5.41) is 10.0. The topological polar surface area (TPSA) is 87.7 Å². The second-order valence-corrected chi connectivity index (χ2v) is 6.84. The van der Waals surface area contributed by atoms with Crippen molar-refractivity contribution in [3.05, 3.63) is 42.0 Å². The summed E-state index contributed by atoms with van der Waals surface area (Å²) in [6.45, 7) is 4.00. The van der Waals surface area contributed by atoms with E-state index >= 15 is 0 Å². The molecule has 1 aromatic heterocycles. The average molecular weight is 294 g/mol. The molecule has 108 valence electrons. The van der Waals surface area contributed by atoms with Crippen LogP contribution in [-0.4, -0.2) is 29.9 Å². The van der Waals surface area contributed by atoms with Gasteiger partial charge in [-0.3, -0.25) is 5.10 Å². The Bertz CT molecular complexity index is 650. The van der Waals surface area contributed by atoms with E-state index in [0.29, 0.717) is 4.90 Å². The van der Waals surface area contributed by atoms with Crippen molar-refractivity contribution in [2.45, 2.75) is 30.8 Å². The predicted molar refractivity (Wildman–Crippen MR) is 75.9 cm³/mol. The monoisotopic (exact) mass is 294 g/mol. The number of H-pyrrole nitrogens is 1. The molecule has 2 rings (SSSR count). The molecule has 2 unspecified atom stereocenters. The maximum atomic E-state index is 11.4. The molecule has 20 heavy (non-hydrogen) atoms. The highest BCUT2D eigenvalue weighted by Crippen LogP contribution is 2.19. The number of sulfone groups is 1. The third-order valence-corrected chi connectivity index (χ3v) is 4.28. The van der Waals surface area contributed by atoms with Crippen molar-refractivity contribution >= 4 is 9.84 Å². The molecule has 0 fully saturated rings. The fourth-order valence-corrected chi connectivity index (χ4v) is 2.61. The number of nitrogens with zero attached hydrogens (tertiary/aromatic N) is 2. The molecule has 6 nitrogen and oxygen atoms in total. The zero-order chi connectivity index (χ0) is 14.8. The van der Waals surface area contributed by atoms with E-state index in [-0.39, 0.29) is 12.1 Å². The second kappa shape index (κ2) is 5.72. The van der Waals surface area contributed by atoms with Gasteiger partial charge in [-0.1, -0.05) is 12.1 Å². The quantitative estimate of drug-likeness (QED) is 0.875. The number of rotatable bonds is 5. The largest absolute Gasteiger partial charge is 0.301 e. The van der Waals surface area contributed by atoms with Gasteiger partial charge < -0.3 is 5.32 Å². The number of aromatic nitrogens is 3.